The van der Waals surface area contributed by atoms with Gasteiger partial charge in [-0.3, -0.25) is 4.79 Å². The van der Waals surface area contributed by atoms with E-state index < -0.39 is 0 Å². The first-order valence-electron chi connectivity index (χ1n) is 5.59. The lowest BCUT2D eigenvalue weighted by Gasteiger charge is -2.15. The average Bonchev–Trinajstić information content (AvgIpc) is 2.17. The van der Waals surface area contributed by atoms with Crippen molar-refractivity contribution in [3.8, 4) is 0 Å². The molecule has 14 heavy (non-hydrogen) atoms. The number of halogens is 1. The third-order valence-electron chi connectivity index (χ3n) is 2.32. The molecular weight excluding hydrogens is 242 g/mol. The highest BCUT2D eigenvalue weighted by Gasteiger charge is 2.08. The molecule has 1 unspecified atom stereocenters. The minimum atomic E-state index is 0.214. The summed E-state index contributed by atoms with van der Waals surface area (Å²) < 4.78 is 0. The number of amides is 1. The van der Waals surface area contributed by atoms with Crippen LogP contribution in [0.5, 0.6) is 0 Å². The summed E-state index contributed by atoms with van der Waals surface area (Å²) in [5.41, 5.74) is 0. The first kappa shape index (κ1) is 13.9. The van der Waals surface area contributed by atoms with Gasteiger partial charge in [-0.05, 0) is 19.3 Å². The average molecular weight is 264 g/mol. The number of nitrogens with one attached hydrogen (secondary N) is 1. The molecule has 1 atom stereocenters. The van der Waals surface area contributed by atoms with Crippen LogP contribution in [0.3, 0.4) is 0 Å². The van der Waals surface area contributed by atoms with E-state index in [2.05, 4.69) is 35.1 Å². The van der Waals surface area contributed by atoms with Crippen molar-refractivity contribution >= 4 is 21.8 Å². The Hall–Kier alpha value is -0.0500. The van der Waals surface area contributed by atoms with Gasteiger partial charge in [-0.15, -0.1) is 0 Å². The maximum atomic E-state index is 11.4. The molecule has 0 aromatic rings. The summed E-state index contributed by atoms with van der Waals surface area (Å²) in [6, 6.07) is 0.350. The van der Waals surface area contributed by atoms with Crippen LogP contribution in [0, 0.1) is 0 Å². The summed E-state index contributed by atoms with van der Waals surface area (Å²) >= 11 is 3.39. The van der Waals surface area contributed by atoms with Crippen molar-refractivity contribution in [2.24, 2.45) is 0 Å². The molecule has 84 valence electrons. The van der Waals surface area contributed by atoms with Gasteiger partial charge in [0.2, 0.25) is 5.91 Å². The lowest BCUT2D eigenvalue weighted by atomic mass is 10.1. The molecule has 0 saturated heterocycles. The Bertz CT molecular complexity index is 150. The van der Waals surface area contributed by atoms with Gasteiger partial charge in [-0.1, -0.05) is 42.6 Å². The fourth-order valence-corrected chi connectivity index (χ4v) is 1.90. The van der Waals surface area contributed by atoms with E-state index in [-0.39, 0.29) is 5.91 Å². The van der Waals surface area contributed by atoms with E-state index in [0.29, 0.717) is 12.5 Å². The largest absolute Gasteiger partial charge is 0.353 e. The Kier molecular flexibility index (Phi) is 9.47. The molecule has 0 rings (SSSR count). The van der Waals surface area contributed by atoms with Gasteiger partial charge in [-0.2, -0.15) is 0 Å². The molecule has 0 radical (unpaired) electrons. The molecule has 0 aliphatic heterocycles. The van der Waals surface area contributed by atoms with Gasteiger partial charge in [0.25, 0.3) is 0 Å². The zero-order valence-electron chi connectivity index (χ0n) is 9.31. The highest BCUT2D eigenvalue weighted by atomic mass is 79.9. The first-order chi connectivity index (χ1) is 6.74. The fraction of sp³-hybridized carbons (Fsp3) is 0.909. The quantitative estimate of drug-likeness (QED) is 0.529. The van der Waals surface area contributed by atoms with Crippen molar-refractivity contribution in [3.05, 3.63) is 0 Å². The molecule has 0 fully saturated rings. The van der Waals surface area contributed by atoms with E-state index in [1.807, 2.05) is 0 Å². The van der Waals surface area contributed by atoms with E-state index >= 15 is 0 Å². The van der Waals surface area contributed by atoms with Gasteiger partial charge in [0.1, 0.15) is 0 Å². The predicted molar refractivity (Wildman–Crippen MR) is 64.8 cm³/mol. The molecule has 0 aliphatic carbocycles. The van der Waals surface area contributed by atoms with Crippen LogP contribution in [0.1, 0.15) is 52.4 Å². The molecular formula is C11H22BrNO. The lowest BCUT2D eigenvalue weighted by molar-refractivity contribution is -0.121. The maximum Gasteiger partial charge on any atom is 0.220 e. The summed E-state index contributed by atoms with van der Waals surface area (Å²) in [7, 11) is 0. The van der Waals surface area contributed by atoms with Gasteiger partial charge in [0, 0.05) is 17.8 Å². The zero-order valence-corrected chi connectivity index (χ0v) is 10.9. The molecule has 0 saturated carbocycles. The molecule has 1 N–H and O–H groups in total. The number of carbonyl (C=O) groups is 1. The minimum Gasteiger partial charge on any atom is -0.353 e. The minimum absolute atomic E-state index is 0.214. The lowest BCUT2D eigenvalue weighted by Crippen LogP contribution is -2.34. The number of hydrogen-bond donors (Lipinski definition) is 1. The fourth-order valence-electron chi connectivity index (χ4n) is 1.35. The van der Waals surface area contributed by atoms with Crippen LogP contribution in [-0.4, -0.2) is 17.3 Å². The third-order valence-corrected chi connectivity index (χ3v) is 2.78. The Labute approximate surface area is 96.0 Å². The predicted octanol–water partition coefficient (Wildman–Crippen LogP) is 3.25. The standard InChI is InChI=1S/C11H22BrNO/c1-3-5-6-7-11(14)13-10(4-2)8-9-12/h10H,3-9H2,1-2H3,(H,13,14). The molecule has 2 nitrogen and oxygen atoms in total. The molecule has 0 aromatic carbocycles. The van der Waals surface area contributed by atoms with Gasteiger partial charge >= 0.3 is 0 Å². The van der Waals surface area contributed by atoms with Crippen molar-refractivity contribution in [1.29, 1.82) is 0 Å². The van der Waals surface area contributed by atoms with Crippen molar-refractivity contribution in [1.82, 2.24) is 5.32 Å². The van der Waals surface area contributed by atoms with E-state index in [9.17, 15) is 4.79 Å². The first-order valence-corrected chi connectivity index (χ1v) is 6.72. The molecule has 0 heterocycles. The highest BCUT2D eigenvalue weighted by Crippen LogP contribution is 2.03. The Balaban J connectivity index is 3.56. The van der Waals surface area contributed by atoms with Crippen molar-refractivity contribution in [3.63, 3.8) is 0 Å². The summed E-state index contributed by atoms with van der Waals surface area (Å²) in [5.74, 6) is 0.214. The van der Waals surface area contributed by atoms with Crippen LogP contribution < -0.4 is 5.32 Å². The summed E-state index contributed by atoms with van der Waals surface area (Å²) in [5, 5.41) is 4.02. The normalized spacial score (nSPS) is 12.5. The Morgan fingerprint density at radius 1 is 1.36 bits per heavy atom. The van der Waals surface area contributed by atoms with E-state index in [4.69, 9.17) is 0 Å². The Morgan fingerprint density at radius 2 is 2.07 bits per heavy atom. The number of unbranched alkanes of at least 4 members (excludes halogenated alkanes) is 2. The van der Waals surface area contributed by atoms with Crippen molar-refractivity contribution in [2.45, 2.75) is 58.4 Å². The van der Waals surface area contributed by atoms with Gasteiger partial charge in [0.15, 0.2) is 0 Å². The molecule has 0 bridgehead atoms. The molecule has 0 spiro atoms. The zero-order chi connectivity index (χ0) is 10.8. The topological polar surface area (TPSA) is 29.1 Å². The number of carbonyl (C=O) groups excluding carboxylic acids is 1. The molecule has 3 heteroatoms. The van der Waals surface area contributed by atoms with E-state index in [1.165, 1.54) is 6.42 Å². The summed E-state index contributed by atoms with van der Waals surface area (Å²) in [6.07, 6.45) is 6.08. The van der Waals surface area contributed by atoms with E-state index in [0.717, 1.165) is 31.0 Å². The van der Waals surface area contributed by atoms with Gasteiger partial charge in [-0.25, -0.2) is 0 Å². The van der Waals surface area contributed by atoms with Crippen molar-refractivity contribution < 1.29 is 4.79 Å². The summed E-state index contributed by atoms with van der Waals surface area (Å²) in [6.45, 7) is 4.26. The number of rotatable bonds is 8. The highest BCUT2D eigenvalue weighted by molar-refractivity contribution is 9.09. The number of hydrogen-bond acceptors (Lipinski definition) is 1. The third kappa shape index (κ3) is 7.36. The SMILES string of the molecule is CCCCCC(=O)NC(CC)CCBr. The molecule has 0 aliphatic rings. The van der Waals surface area contributed by atoms with E-state index in [1.54, 1.807) is 0 Å². The summed E-state index contributed by atoms with van der Waals surface area (Å²) in [4.78, 5) is 11.4. The monoisotopic (exact) mass is 263 g/mol. The van der Waals surface area contributed by atoms with Crippen LogP contribution in [0.25, 0.3) is 0 Å². The van der Waals surface area contributed by atoms with Crippen molar-refractivity contribution in [2.75, 3.05) is 5.33 Å². The molecule has 1 amide bonds. The van der Waals surface area contributed by atoms with Crippen LogP contribution in [0.2, 0.25) is 0 Å². The second-order valence-corrected chi connectivity index (χ2v) is 4.40. The Morgan fingerprint density at radius 3 is 2.57 bits per heavy atom. The van der Waals surface area contributed by atoms with Gasteiger partial charge < -0.3 is 5.32 Å². The van der Waals surface area contributed by atoms with Crippen LogP contribution in [-0.2, 0) is 4.79 Å². The van der Waals surface area contributed by atoms with Gasteiger partial charge in [0.05, 0.1) is 0 Å². The molecule has 0 aromatic heterocycles. The van der Waals surface area contributed by atoms with Crippen LogP contribution in [0.4, 0.5) is 0 Å². The maximum absolute atomic E-state index is 11.4. The van der Waals surface area contributed by atoms with Crippen LogP contribution in [0.15, 0.2) is 0 Å². The smallest absolute Gasteiger partial charge is 0.220 e. The number of alkyl halides is 1. The van der Waals surface area contributed by atoms with Crippen LogP contribution >= 0.6 is 15.9 Å². The second kappa shape index (κ2) is 9.50. The second-order valence-electron chi connectivity index (χ2n) is 3.61.